The van der Waals surface area contributed by atoms with Crippen LogP contribution in [-0.4, -0.2) is 65.3 Å². The Balaban J connectivity index is 0.000000211. The lowest BCUT2D eigenvalue weighted by atomic mass is 10.1. The number of anilines is 2. The van der Waals surface area contributed by atoms with E-state index in [-0.39, 0.29) is 13.5 Å². The fourth-order valence-corrected chi connectivity index (χ4v) is 3.92. The van der Waals surface area contributed by atoms with Crippen molar-refractivity contribution in [2.24, 2.45) is 0 Å². The third-order valence-electron chi connectivity index (χ3n) is 5.66. The van der Waals surface area contributed by atoms with Crippen LogP contribution >= 0.6 is 0 Å². The monoisotopic (exact) mass is 499 g/mol. The number of aromatic nitrogens is 5. The van der Waals surface area contributed by atoms with Gasteiger partial charge in [-0.3, -0.25) is 4.57 Å². The molecule has 0 unspecified atom stereocenters. The Morgan fingerprint density at radius 3 is 2.39 bits per heavy atom. The van der Waals surface area contributed by atoms with E-state index in [0.717, 1.165) is 25.9 Å². The van der Waals surface area contributed by atoms with Crippen molar-refractivity contribution in [3.05, 3.63) is 54.8 Å². The lowest BCUT2D eigenvalue weighted by Crippen LogP contribution is -2.40. The molecule has 0 radical (unpaired) electrons. The van der Waals surface area contributed by atoms with Crippen LogP contribution in [0.4, 0.5) is 16.3 Å². The SMILES string of the molecule is CO[C@@H]1CCCN(c2ncc(F)cn2)C1.COc1cccc(OC)c1-n1c(N)nnc1-c1ccco1.[HH]. The molecular weight excluding hydrogens is 469 g/mol. The number of para-hydroxylation sites is 1. The Hall–Kier alpha value is -4.19. The van der Waals surface area contributed by atoms with E-state index in [1.807, 2.05) is 23.1 Å². The highest BCUT2D eigenvalue weighted by molar-refractivity contribution is 5.65. The van der Waals surface area contributed by atoms with E-state index in [9.17, 15) is 4.39 Å². The minimum atomic E-state index is -0.404. The Bertz CT molecular complexity index is 1230. The minimum Gasteiger partial charge on any atom is -0.494 e. The number of nitrogens with two attached hydrogens (primary N) is 1. The maximum Gasteiger partial charge on any atom is 0.227 e. The van der Waals surface area contributed by atoms with Crippen molar-refractivity contribution < 1.29 is 24.4 Å². The average molecular weight is 500 g/mol. The van der Waals surface area contributed by atoms with Crippen molar-refractivity contribution in [2.75, 3.05) is 45.1 Å². The van der Waals surface area contributed by atoms with Crippen molar-refractivity contribution in [3.8, 4) is 28.8 Å². The summed E-state index contributed by atoms with van der Waals surface area (Å²) in [5, 5.41) is 7.99. The zero-order chi connectivity index (χ0) is 25.5. The van der Waals surface area contributed by atoms with Crippen molar-refractivity contribution in [2.45, 2.75) is 18.9 Å². The van der Waals surface area contributed by atoms with Gasteiger partial charge in [0.05, 0.1) is 39.0 Å². The average Bonchev–Trinajstić information content (AvgIpc) is 3.58. The van der Waals surface area contributed by atoms with Gasteiger partial charge in [-0.25, -0.2) is 14.4 Å². The van der Waals surface area contributed by atoms with E-state index >= 15 is 0 Å². The van der Waals surface area contributed by atoms with Crippen LogP contribution in [0.2, 0.25) is 0 Å². The number of methoxy groups -OCH3 is 3. The summed E-state index contributed by atoms with van der Waals surface area (Å²) >= 11 is 0. The standard InChI is InChI=1S/C14H14N4O3.C10H14FN3O.H2/c1-19-9-5-3-6-10(20-2)12(9)18-13(16-17-14(18)15)11-7-4-8-21-11;1-15-9-3-2-4-14(7-9)10-12-5-8(11)6-13-10;/h3-8H,1-2H3,(H2,15,17);5-6,9H,2-4,7H2,1H3;1H/t;9-;/m.1./s1. The molecule has 11 nitrogen and oxygen atoms in total. The van der Waals surface area contributed by atoms with Gasteiger partial charge in [-0.05, 0) is 37.1 Å². The van der Waals surface area contributed by atoms with Crippen LogP contribution in [0.25, 0.3) is 17.3 Å². The zero-order valence-corrected chi connectivity index (χ0v) is 20.3. The first-order chi connectivity index (χ1) is 17.5. The second-order valence-electron chi connectivity index (χ2n) is 7.85. The van der Waals surface area contributed by atoms with Crippen LogP contribution in [0.5, 0.6) is 11.5 Å². The largest absolute Gasteiger partial charge is 0.494 e. The summed E-state index contributed by atoms with van der Waals surface area (Å²) in [5.74, 6) is 2.59. The molecule has 0 bridgehead atoms. The first kappa shape index (κ1) is 24.9. The molecule has 36 heavy (non-hydrogen) atoms. The van der Waals surface area contributed by atoms with Crippen molar-refractivity contribution in [1.29, 1.82) is 0 Å². The number of nitrogens with zero attached hydrogens (tertiary/aromatic N) is 6. The predicted molar refractivity (Wildman–Crippen MR) is 133 cm³/mol. The fraction of sp³-hybridized carbons (Fsp3) is 0.333. The molecule has 0 amide bonds. The van der Waals surface area contributed by atoms with Crippen LogP contribution in [0.15, 0.2) is 53.4 Å². The molecule has 1 aliphatic heterocycles. The molecule has 0 aliphatic carbocycles. The normalized spacial score (nSPS) is 15.2. The van der Waals surface area contributed by atoms with Gasteiger partial charge < -0.3 is 29.3 Å². The number of nitrogen functional groups attached to an aromatic ring is 1. The van der Waals surface area contributed by atoms with Gasteiger partial charge in [-0.2, -0.15) is 0 Å². The van der Waals surface area contributed by atoms with Gasteiger partial charge in [-0.15, -0.1) is 10.2 Å². The number of halogens is 1. The maximum absolute atomic E-state index is 12.6. The van der Waals surface area contributed by atoms with E-state index in [1.165, 1.54) is 12.4 Å². The molecule has 5 rings (SSSR count). The predicted octanol–water partition coefficient (Wildman–Crippen LogP) is 3.60. The Morgan fingerprint density at radius 1 is 1.06 bits per heavy atom. The molecule has 2 N–H and O–H groups in total. The molecule has 4 heterocycles. The van der Waals surface area contributed by atoms with Crippen molar-refractivity contribution in [3.63, 3.8) is 0 Å². The second-order valence-corrected chi connectivity index (χ2v) is 7.85. The number of rotatable bonds is 6. The number of benzene rings is 1. The van der Waals surface area contributed by atoms with E-state index in [4.69, 9.17) is 24.4 Å². The Labute approximate surface area is 209 Å². The summed E-state index contributed by atoms with van der Waals surface area (Å²) in [6.45, 7) is 1.69. The molecule has 1 atom stereocenters. The first-order valence-corrected chi connectivity index (χ1v) is 11.3. The Kier molecular flexibility index (Phi) is 7.95. The van der Waals surface area contributed by atoms with Crippen LogP contribution in [0, 0.1) is 5.82 Å². The van der Waals surface area contributed by atoms with Crippen molar-refractivity contribution >= 4 is 11.9 Å². The van der Waals surface area contributed by atoms with Crippen LogP contribution in [-0.2, 0) is 4.74 Å². The molecule has 1 saturated heterocycles. The summed E-state index contributed by atoms with van der Waals surface area (Å²) < 4.78 is 35.7. The molecule has 192 valence electrons. The van der Waals surface area contributed by atoms with Crippen molar-refractivity contribution in [1.82, 2.24) is 24.7 Å². The fourth-order valence-electron chi connectivity index (χ4n) is 3.92. The molecule has 3 aromatic heterocycles. The molecule has 1 aromatic carbocycles. The summed E-state index contributed by atoms with van der Waals surface area (Å²) in [4.78, 5) is 9.93. The van der Waals surface area contributed by atoms with Crippen LogP contribution in [0.1, 0.15) is 14.3 Å². The topological polar surface area (TPSA) is 127 Å². The van der Waals surface area contributed by atoms with E-state index in [0.29, 0.717) is 34.7 Å². The highest BCUT2D eigenvalue weighted by Gasteiger charge is 2.22. The molecule has 12 heteroatoms. The molecule has 0 spiro atoms. The van der Waals surface area contributed by atoms with Gasteiger partial charge in [0.1, 0.15) is 17.2 Å². The number of piperidine rings is 1. The molecule has 0 saturated carbocycles. The van der Waals surface area contributed by atoms with E-state index in [1.54, 1.807) is 44.3 Å². The number of ether oxygens (including phenoxy) is 3. The quantitative estimate of drug-likeness (QED) is 0.420. The van der Waals surface area contributed by atoms with Gasteiger partial charge in [-0.1, -0.05) is 6.07 Å². The highest BCUT2D eigenvalue weighted by atomic mass is 19.1. The maximum atomic E-state index is 12.6. The third kappa shape index (κ3) is 5.38. The van der Waals surface area contributed by atoms with E-state index < -0.39 is 5.82 Å². The van der Waals surface area contributed by atoms with Crippen LogP contribution < -0.4 is 20.1 Å². The van der Waals surface area contributed by atoms with Crippen LogP contribution in [0.3, 0.4) is 0 Å². The summed E-state index contributed by atoms with van der Waals surface area (Å²) in [6.07, 6.45) is 6.29. The zero-order valence-electron chi connectivity index (χ0n) is 20.3. The smallest absolute Gasteiger partial charge is 0.227 e. The second kappa shape index (κ2) is 11.5. The number of hydrogen-bond acceptors (Lipinski definition) is 10. The summed E-state index contributed by atoms with van der Waals surface area (Å²) in [5.41, 5.74) is 6.58. The number of hydrogen-bond donors (Lipinski definition) is 1. The van der Waals surface area contributed by atoms with Gasteiger partial charge in [0.15, 0.2) is 11.6 Å². The molecule has 1 fully saturated rings. The molecular formula is C24H30FN7O4. The van der Waals surface area contributed by atoms with E-state index in [2.05, 4.69) is 20.2 Å². The lowest BCUT2D eigenvalue weighted by molar-refractivity contribution is 0.0889. The third-order valence-corrected chi connectivity index (χ3v) is 5.66. The first-order valence-electron chi connectivity index (χ1n) is 11.3. The molecule has 4 aromatic rings. The lowest BCUT2D eigenvalue weighted by Gasteiger charge is -2.31. The summed E-state index contributed by atoms with van der Waals surface area (Å²) in [6, 6.07) is 8.99. The molecule has 1 aliphatic rings. The minimum absolute atomic E-state index is 0. The summed E-state index contributed by atoms with van der Waals surface area (Å²) in [7, 11) is 4.86. The van der Waals surface area contributed by atoms with Gasteiger partial charge in [0, 0.05) is 21.6 Å². The highest BCUT2D eigenvalue weighted by Crippen LogP contribution is 2.36. The number of furan rings is 1. The van der Waals surface area contributed by atoms with Gasteiger partial charge >= 0.3 is 0 Å². The van der Waals surface area contributed by atoms with Gasteiger partial charge in [0.2, 0.25) is 17.7 Å². The Morgan fingerprint density at radius 2 is 1.78 bits per heavy atom. The van der Waals surface area contributed by atoms with Gasteiger partial charge in [0.25, 0.3) is 0 Å².